The standard InChI is InChI=1S/C16H17FN4O3/c1-9(22)19-16(2,3)15-18-14(24-21-15)13-8-12(20-23-13)10-5-4-6-11(17)7-10/h4-7,13H,8H2,1-3H3,(H,19,22)/t13-/m1/s1. The number of oxime groups is 1. The second-order valence-corrected chi connectivity index (χ2v) is 6.11. The first kappa shape index (κ1) is 16.1. The van der Waals surface area contributed by atoms with Crippen LogP contribution in [0.1, 0.15) is 50.6 Å². The molecular formula is C16H17FN4O3. The summed E-state index contributed by atoms with van der Waals surface area (Å²) in [6.07, 6.45) is -0.135. The lowest BCUT2D eigenvalue weighted by atomic mass is 10.0. The molecule has 2 heterocycles. The lowest BCUT2D eigenvalue weighted by Gasteiger charge is -2.20. The highest BCUT2D eigenvalue weighted by molar-refractivity contribution is 6.01. The van der Waals surface area contributed by atoms with E-state index in [0.717, 1.165) is 0 Å². The minimum Gasteiger partial charge on any atom is -0.382 e. The Morgan fingerprint density at radius 3 is 2.92 bits per heavy atom. The molecule has 126 valence electrons. The molecule has 0 bridgehead atoms. The van der Waals surface area contributed by atoms with E-state index in [1.165, 1.54) is 19.1 Å². The predicted octanol–water partition coefficient (Wildman–Crippen LogP) is 2.45. The largest absolute Gasteiger partial charge is 0.382 e. The fourth-order valence-corrected chi connectivity index (χ4v) is 2.46. The van der Waals surface area contributed by atoms with Gasteiger partial charge in [0.05, 0.1) is 11.3 Å². The summed E-state index contributed by atoms with van der Waals surface area (Å²) >= 11 is 0. The molecule has 3 rings (SSSR count). The van der Waals surface area contributed by atoms with E-state index in [4.69, 9.17) is 9.36 Å². The number of nitrogens with one attached hydrogen (secondary N) is 1. The molecule has 1 aromatic carbocycles. The van der Waals surface area contributed by atoms with Crippen LogP contribution in [-0.2, 0) is 15.2 Å². The third kappa shape index (κ3) is 3.27. The number of aromatic nitrogens is 2. The maximum atomic E-state index is 13.3. The minimum atomic E-state index is -0.765. The highest BCUT2D eigenvalue weighted by Crippen LogP contribution is 2.29. The third-order valence-electron chi connectivity index (χ3n) is 3.59. The maximum absolute atomic E-state index is 13.3. The average Bonchev–Trinajstić information content (AvgIpc) is 3.15. The van der Waals surface area contributed by atoms with Crippen LogP contribution >= 0.6 is 0 Å². The molecule has 8 heteroatoms. The lowest BCUT2D eigenvalue weighted by molar-refractivity contribution is -0.120. The molecule has 0 spiro atoms. The van der Waals surface area contributed by atoms with Gasteiger partial charge in [-0.3, -0.25) is 4.79 Å². The Bertz CT molecular complexity index is 800. The van der Waals surface area contributed by atoms with E-state index < -0.39 is 11.6 Å². The zero-order chi connectivity index (χ0) is 17.3. The number of nitrogens with zero attached hydrogens (tertiary/aromatic N) is 3. The van der Waals surface area contributed by atoms with E-state index in [9.17, 15) is 9.18 Å². The van der Waals surface area contributed by atoms with Crippen LogP contribution in [0.5, 0.6) is 0 Å². The van der Waals surface area contributed by atoms with E-state index in [1.807, 2.05) is 0 Å². The molecule has 1 aliphatic rings. The molecule has 0 radical (unpaired) electrons. The second-order valence-electron chi connectivity index (χ2n) is 6.11. The number of amides is 1. The van der Waals surface area contributed by atoms with E-state index in [2.05, 4.69) is 20.6 Å². The monoisotopic (exact) mass is 332 g/mol. The van der Waals surface area contributed by atoms with Crippen LogP contribution in [0.4, 0.5) is 4.39 Å². The number of hydrogen-bond acceptors (Lipinski definition) is 6. The Morgan fingerprint density at radius 2 is 2.21 bits per heavy atom. The molecule has 0 aliphatic carbocycles. The Kier molecular flexibility index (Phi) is 4.04. The molecule has 24 heavy (non-hydrogen) atoms. The Hall–Kier alpha value is -2.77. The first-order chi connectivity index (χ1) is 11.3. The molecule has 1 atom stereocenters. The SMILES string of the molecule is CC(=O)NC(C)(C)c1noc([C@H]2CC(c3cccc(F)c3)=NO2)n1. The van der Waals surface area contributed by atoms with Crippen LogP contribution in [-0.4, -0.2) is 21.8 Å². The summed E-state index contributed by atoms with van der Waals surface area (Å²) in [6, 6.07) is 6.13. The van der Waals surface area contributed by atoms with Crippen LogP contribution < -0.4 is 5.32 Å². The fraction of sp³-hybridized carbons (Fsp3) is 0.375. The van der Waals surface area contributed by atoms with E-state index >= 15 is 0 Å². The van der Waals surface area contributed by atoms with Gasteiger partial charge < -0.3 is 14.7 Å². The van der Waals surface area contributed by atoms with E-state index in [1.54, 1.807) is 26.0 Å². The van der Waals surface area contributed by atoms with E-state index in [-0.39, 0.29) is 17.6 Å². The Morgan fingerprint density at radius 1 is 1.42 bits per heavy atom. The van der Waals surface area contributed by atoms with Gasteiger partial charge in [-0.1, -0.05) is 22.4 Å². The van der Waals surface area contributed by atoms with Gasteiger partial charge in [0, 0.05) is 18.9 Å². The normalized spacial score (nSPS) is 17.3. The summed E-state index contributed by atoms with van der Waals surface area (Å²) in [7, 11) is 0. The van der Waals surface area contributed by atoms with Crippen molar-refractivity contribution in [1.82, 2.24) is 15.5 Å². The summed E-state index contributed by atoms with van der Waals surface area (Å²) < 4.78 is 18.5. The topological polar surface area (TPSA) is 89.6 Å². The van der Waals surface area contributed by atoms with Gasteiger partial charge in [-0.05, 0) is 26.0 Å². The molecule has 1 N–H and O–H groups in total. The van der Waals surface area contributed by atoms with Crippen LogP contribution in [0.25, 0.3) is 0 Å². The Labute approximate surface area is 137 Å². The molecule has 7 nitrogen and oxygen atoms in total. The minimum absolute atomic E-state index is 0.194. The molecular weight excluding hydrogens is 315 g/mol. The van der Waals surface area contributed by atoms with Crippen molar-refractivity contribution < 1.29 is 18.5 Å². The highest BCUT2D eigenvalue weighted by atomic mass is 19.1. The van der Waals surface area contributed by atoms with Gasteiger partial charge in [-0.2, -0.15) is 4.98 Å². The summed E-state index contributed by atoms with van der Waals surface area (Å²) in [4.78, 5) is 20.9. The van der Waals surface area contributed by atoms with E-state index in [0.29, 0.717) is 23.5 Å². The van der Waals surface area contributed by atoms with Crippen molar-refractivity contribution in [3.05, 3.63) is 47.4 Å². The van der Waals surface area contributed by atoms with Crippen LogP contribution in [0.3, 0.4) is 0 Å². The van der Waals surface area contributed by atoms with Crippen molar-refractivity contribution in [3.63, 3.8) is 0 Å². The van der Waals surface area contributed by atoms with Crippen LogP contribution in [0.15, 0.2) is 33.9 Å². The molecule has 1 aliphatic heterocycles. The first-order valence-corrected chi connectivity index (χ1v) is 7.46. The van der Waals surface area contributed by atoms with Gasteiger partial charge in [0.1, 0.15) is 5.82 Å². The van der Waals surface area contributed by atoms with Crippen molar-refractivity contribution in [3.8, 4) is 0 Å². The smallest absolute Gasteiger partial charge is 0.271 e. The molecule has 0 unspecified atom stereocenters. The lowest BCUT2D eigenvalue weighted by Crippen LogP contribution is -2.40. The zero-order valence-electron chi connectivity index (χ0n) is 13.5. The highest BCUT2D eigenvalue weighted by Gasteiger charge is 2.33. The number of carbonyl (C=O) groups excluding carboxylic acids is 1. The van der Waals surface area contributed by atoms with Crippen molar-refractivity contribution in [2.75, 3.05) is 0 Å². The summed E-state index contributed by atoms with van der Waals surface area (Å²) in [6.45, 7) is 4.96. The van der Waals surface area contributed by atoms with Gasteiger partial charge in [-0.25, -0.2) is 4.39 Å². The molecule has 1 amide bonds. The van der Waals surface area contributed by atoms with Crippen LogP contribution in [0.2, 0.25) is 0 Å². The maximum Gasteiger partial charge on any atom is 0.271 e. The number of halogens is 1. The summed E-state index contributed by atoms with van der Waals surface area (Å²) in [5.41, 5.74) is 0.495. The summed E-state index contributed by atoms with van der Waals surface area (Å²) in [5.74, 6) is 0.0741. The molecule has 0 saturated carbocycles. The zero-order valence-corrected chi connectivity index (χ0v) is 13.5. The van der Waals surface area contributed by atoms with Crippen molar-refractivity contribution >= 4 is 11.6 Å². The summed E-state index contributed by atoms with van der Waals surface area (Å²) in [5, 5.41) is 10.6. The molecule has 0 fully saturated rings. The number of carbonyl (C=O) groups is 1. The average molecular weight is 332 g/mol. The quantitative estimate of drug-likeness (QED) is 0.929. The predicted molar refractivity (Wildman–Crippen MR) is 82.5 cm³/mol. The van der Waals surface area contributed by atoms with Gasteiger partial charge >= 0.3 is 0 Å². The Balaban J connectivity index is 1.73. The molecule has 1 aromatic heterocycles. The van der Waals surface area contributed by atoms with Crippen molar-refractivity contribution in [2.45, 2.75) is 38.8 Å². The number of hydrogen-bond donors (Lipinski definition) is 1. The first-order valence-electron chi connectivity index (χ1n) is 7.46. The van der Waals surface area contributed by atoms with Crippen LogP contribution in [0, 0.1) is 5.82 Å². The number of benzene rings is 1. The molecule has 0 saturated heterocycles. The fourth-order valence-electron chi connectivity index (χ4n) is 2.46. The number of rotatable bonds is 4. The van der Waals surface area contributed by atoms with Gasteiger partial charge in [0.2, 0.25) is 12.0 Å². The van der Waals surface area contributed by atoms with Gasteiger partial charge in [0.15, 0.2) is 5.82 Å². The molecule has 2 aromatic rings. The van der Waals surface area contributed by atoms with Crippen molar-refractivity contribution in [2.24, 2.45) is 5.16 Å². The third-order valence-corrected chi connectivity index (χ3v) is 3.59. The van der Waals surface area contributed by atoms with Crippen molar-refractivity contribution in [1.29, 1.82) is 0 Å². The van der Waals surface area contributed by atoms with Gasteiger partial charge in [0.25, 0.3) is 5.89 Å². The second kappa shape index (κ2) is 6.03. The van der Waals surface area contributed by atoms with Gasteiger partial charge in [-0.15, -0.1) is 0 Å².